The van der Waals surface area contributed by atoms with Gasteiger partial charge in [0, 0.05) is 21.9 Å². The van der Waals surface area contributed by atoms with Gasteiger partial charge in [-0.05, 0) is 88.9 Å². The molecule has 0 aliphatic rings. The first-order chi connectivity index (χ1) is 14.3. The highest BCUT2D eigenvalue weighted by Crippen LogP contribution is 2.27. The van der Waals surface area contributed by atoms with Gasteiger partial charge >= 0.3 is 0 Å². The Morgan fingerprint density at radius 1 is 1.07 bits per heavy atom. The molecule has 1 amide bonds. The number of carbonyl (C=O) groups excluding carboxylic acids is 1. The molecular formula is C23H19BrCl2N2O2. The lowest BCUT2D eigenvalue weighted by Gasteiger charge is -2.10. The van der Waals surface area contributed by atoms with Crippen LogP contribution in [0.25, 0.3) is 0 Å². The summed E-state index contributed by atoms with van der Waals surface area (Å²) in [5.41, 5.74) is 4.31. The van der Waals surface area contributed by atoms with Gasteiger partial charge < -0.3 is 10.1 Å². The van der Waals surface area contributed by atoms with Crippen LogP contribution in [0.5, 0.6) is 5.75 Å². The van der Waals surface area contributed by atoms with E-state index in [1.54, 1.807) is 24.4 Å². The normalized spacial score (nSPS) is 11.0. The number of amides is 1. The van der Waals surface area contributed by atoms with Crippen LogP contribution in [0.4, 0.5) is 11.4 Å². The van der Waals surface area contributed by atoms with Gasteiger partial charge in [0.2, 0.25) is 0 Å². The zero-order valence-corrected chi connectivity index (χ0v) is 19.5. The van der Waals surface area contributed by atoms with Gasteiger partial charge in [-0.3, -0.25) is 9.79 Å². The predicted octanol–water partition coefficient (Wildman–Crippen LogP) is 7.14. The molecular weight excluding hydrogens is 487 g/mol. The first-order valence-electron chi connectivity index (χ1n) is 9.10. The van der Waals surface area contributed by atoms with Crippen LogP contribution in [0.1, 0.15) is 16.7 Å². The summed E-state index contributed by atoms with van der Waals surface area (Å²) in [5.74, 6) is 0.284. The molecule has 0 unspecified atom stereocenters. The Morgan fingerprint density at radius 3 is 2.57 bits per heavy atom. The SMILES string of the molecule is Cc1ccc(NC(=O)COc2ccc(C=Nc3cc(Cl)ccc3C)cc2Br)cc1Cl. The van der Waals surface area contributed by atoms with Crippen LogP contribution in [0.2, 0.25) is 10.0 Å². The molecule has 0 saturated heterocycles. The van der Waals surface area contributed by atoms with Gasteiger partial charge in [-0.2, -0.15) is 0 Å². The number of aryl methyl sites for hydroxylation is 2. The fourth-order valence-electron chi connectivity index (χ4n) is 2.59. The van der Waals surface area contributed by atoms with Crippen LogP contribution in [-0.2, 0) is 4.79 Å². The average Bonchev–Trinajstić information content (AvgIpc) is 2.70. The van der Waals surface area contributed by atoms with Crippen molar-refractivity contribution in [1.82, 2.24) is 0 Å². The molecule has 3 rings (SSSR count). The minimum absolute atomic E-state index is 0.126. The van der Waals surface area contributed by atoms with E-state index in [-0.39, 0.29) is 12.5 Å². The van der Waals surface area contributed by atoms with E-state index >= 15 is 0 Å². The molecule has 3 aromatic rings. The van der Waals surface area contributed by atoms with Crippen molar-refractivity contribution in [2.24, 2.45) is 4.99 Å². The van der Waals surface area contributed by atoms with Crippen LogP contribution < -0.4 is 10.1 Å². The van der Waals surface area contributed by atoms with Crippen molar-refractivity contribution < 1.29 is 9.53 Å². The molecule has 0 bridgehead atoms. The molecule has 0 radical (unpaired) electrons. The molecule has 1 N–H and O–H groups in total. The zero-order chi connectivity index (χ0) is 21.7. The maximum absolute atomic E-state index is 12.2. The van der Waals surface area contributed by atoms with E-state index < -0.39 is 0 Å². The monoisotopic (exact) mass is 504 g/mol. The average molecular weight is 506 g/mol. The fraction of sp³-hybridized carbons (Fsp3) is 0.130. The number of benzene rings is 3. The topological polar surface area (TPSA) is 50.7 Å². The van der Waals surface area contributed by atoms with Crippen molar-refractivity contribution >= 4 is 62.6 Å². The van der Waals surface area contributed by atoms with Gasteiger partial charge in [0.15, 0.2) is 6.61 Å². The zero-order valence-electron chi connectivity index (χ0n) is 16.4. The van der Waals surface area contributed by atoms with Crippen molar-refractivity contribution in [1.29, 1.82) is 0 Å². The molecule has 0 atom stereocenters. The van der Waals surface area contributed by atoms with Crippen molar-refractivity contribution in [3.8, 4) is 5.75 Å². The van der Waals surface area contributed by atoms with Crippen molar-refractivity contribution in [3.63, 3.8) is 0 Å². The summed E-state index contributed by atoms with van der Waals surface area (Å²) in [7, 11) is 0. The first-order valence-corrected chi connectivity index (χ1v) is 10.7. The Morgan fingerprint density at radius 2 is 1.83 bits per heavy atom. The third kappa shape index (κ3) is 6.08. The van der Waals surface area contributed by atoms with Gasteiger partial charge in [-0.15, -0.1) is 0 Å². The lowest BCUT2D eigenvalue weighted by molar-refractivity contribution is -0.118. The largest absolute Gasteiger partial charge is 0.483 e. The number of carbonyl (C=O) groups is 1. The van der Waals surface area contributed by atoms with Crippen LogP contribution in [-0.4, -0.2) is 18.7 Å². The highest BCUT2D eigenvalue weighted by Gasteiger charge is 2.08. The number of nitrogens with one attached hydrogen (secondary N) is 1. The van der Waals surface area contributed by atoms with Gasteiger partial charge in [0.1, 0.15) is 5.75 Å². The van der Waals surface area contributed by atoms with E-state index in [1.807, 2.05) is 50.2 Å². The highest BCUT2D eigenvalue weighted by molar-refractivity contribution is 9.10. The quantitative estimate of drug-likeness (QED) is 0.362. The Balaban J connectivity index is 1.61. The molecule has 0 spiro atoms. The molecule has 0 fully saturated rings. The predicted molar refractivity (Wildman–Crippen MR) is 128 cm³/mol. The number of hydrogen-bond donors (Lipinski definition) is 1. The summed E-state index contributed by atoms with van der Waals surface area (Å²) in [4.78, 5) is 16.6. The van der Waals surface area contributed by atoms with Crippen molar-refractivity contribution in [2.75, 3.05) is 11.9 Å². The number of aliphatic imine (C=N–C) groups is 1. The summed E-state index contributed by atoms with van der Waals surface area (Å²) >= 11 is 15.6. The van der Waals surface area contributed by atoms with Crippen LogP contribution >= 0.6 is 39.1 Å². The molecule has 0 aromatic heterocycles. The standard InChI is InChI=1S/C23H19BrCl2N2O2/c1-14-4-7-18(11-20(14)26)28-23(29)13-30-22-8-5-16(9-19(22)24)12-27-21-10-17(25)6-3-15(21)2/h3-12H,13H2,1-2H3,(H,28,29). The number of rotatable bonds is 6. The number of ether oxygens (including phenoxy) is 1. The van der Waals surface area contributed by atoms with Crippen LogP contribution in [0.3, 0.4) is 0 Å². The smallest absolute Gasteiger partial charge is 0.262 e. The molecule has 0 saturated carbocycles. The van der Waals surface area contributed by atoms with E-state index in [2.05, 4.69) is 26.2 Å². The molecule has 0 aliphatic heterocycles. The molecule has 4 nitrogen and oxygen atoms in total. The van der Waals surface area contributed by atoms with Gasteiger partial charge in [0.25, 0.3) is 5.91 Å². The minimum atomic E-state index is -0.274. The Kier molecular flexibility index (Phi) is 7.53. The summed E-state index contributed by atoms with van der Waals surface area (Å²) < 4.78 is 6.35. The summed E-state index contributed by atoms with van der Waals surface area (Å²) in [6.07, 6.45) is 1.75. The number of nitrogens with zero attached hydrogens (tertiary/aromatic N) is 1. The van der Waals surface area contributed by atoms with Crippen LogP contribution in [0.15, 0.2) is 64.1 Å². The molecule has 30 heavy (non-hydrogen) atoms. The Labute approximate surface area is 194 Å². The maximum Gasteiger partial charge on any atom is 0.262 e. The molecule has 0 aliphatic carbocycles. The van der Waals surface area contributed by atoms with E-state index in [1.165, 1.54) is 0 Å². The third-order valence-electron chi connectivity index (χ3n) is 4.29. The molecule has 154 valence electrons. The summed E-state index contributed by atoms with van der Waals surface area (Å²) in [5, 5.41) is 4.00. The molecule has 0 heterocycles. The highest BCUT2D eigenvalue weighted by atomic mass is 79.9. The van der Waals surface area contributed by atoms with Gasteiger partial charge in [-0.1, -0.05) is 35.3 Å². The van der Waals surface area contributed by atoms with Gasteiger partial charge in [-0.25, -0.2) is 0 Å². The second-order valence-corrected chi connectivity index (χ2v) is 8.38. The lowest BCUT2D eigenvalue weighted by atomic mass is 10.2. The van der Waals surface area contributed by atoms with E-state index in [9.17, 15) is 4.79 Å². The van der Waals surface area contributed by atoms with Crippen LogP contribution in [0, 0.1) is 13.8 Å². The Bertz CT molecular complexity index is 1120. The lowest BCUT2D eigenvalue weighted by Crippen LogP contribution is -2.20. The van der Waals surface area contributed by atoms with E-state index in [0.717, 1.165) is 26.9 Å². The second kappa shape index (κ2) is 10.1. The van der Waals surface area contributed by atoms with Crippen molar-refractivity contribution in [3.05, 3.63) is 85.8 Å². The van der Waals surface area contributed by atoms with E-state index in [0.29, 0.717) is 21.5 Å². The second-order valence-electron chi connectivity index (χ2n) is 6.68. The molecule has 3 aromatic carbocycles. The first kappa shape index (κ1) is 22.3. The number of hydrogen-bond acceptors (Lipinski definition) is 3. The number of anilines is 1. The Hall–Kier alpha value is -2.34. The molecule has 7 heteroatoms. The number of halogens is 3. The minimum Gasteiger partial charge on any atom is -0.483 e. The van der Waals surface area contributed by atoms with E-state index in [4.69, 9.17) is 27.9 Å². The summed E-state index contributed by atoms with van der Waals surface area (Å²) in [6, 6.07) is 16.5. The summed E-state index contributed by atoms with van der Waals surface area (Å²) in [6.45, 7) is 3.75. The maximum atomic E-state index is 12.2. The third-order valence-corrected chi connectivity index (χ3v) is 5.56. The van der Waals surface area contributed by atoms with Crippen molar-refractivity contribution in [2.45, 2.75) is 13.8 Å². The fourth-order valence-corrected chi connectivity index (χ4v) is 3.45. The van der Waals surface area contributed by atoms with Gasteiger partial charge in [0.05, 0.1) is 10.2 Å².